The first-order valence-electron chi connectivity index (χ1n) is 4.67. The minimum atomic E-state index is -0.604. The number of aliphatic hydroxyl groups excluding tert-OH is 1. The van der Waals surface area contributed by atoms with Crippen LogP contribution in [-0.4, -0.2) is 28.2 Å². The van der Waals surface area contributed by atoms with Crippen molar-refractivity contribution < 1.29 is 14.7 Å². The van der Waals surface area contributed by atoms with Gasteiger partial charge in [0.05, 0.1) is 12.1 Å². The fraction of sp³-hybridized carbons (Fsp3) is 0.600. The van der Waals surface area contributed by atoms with Gasteiger partial charge in [-0.15, -0.1) is 0 Å². The lowest BCUT2D eigenvalue weighted by Gasteiger charge is -2.17. The average molecular weight is 232 g/mol. The number of Topliss-reactive ketones (excluding diaryl/α,β-unsaturated/α-hetero) is 1. The predicted molar refractivity (Wildman–Crippen MR) is 56.9 cm³/mol. The maximum Gasteiger partial charge on any atom is 0.238 e. The van der Waals surface area contributed by atoms with E-state index in [1.54, 1.807) is 13.0 Å². The Morgan fingerprint density at radius 3 is 2.53 bits per heavy atom. The molecule has 84 valence electrons. The van der Waals surface area contributed by atoms with E-state index in [1.807, 2.05) is 12.8 Å². The Kier molecular flexibility index (Phi) is 6.76. The maximum absolute atomic E-state index is 11.3. The molecule has 15 heavy (non-hydrogen) atoms. The van der Waals surface area contributed by atoms with Crippen LogP contribution in [0.5, 0.6) is 0 Å². The topological polar surface area (TPSA) is 66.4 Å². The molecule has 0 unspecified atom stereocenters. The van der Waals surface area contributed by atoms with Crippen molar-refractivity contribution in [3.05, 3.63) is 0 Å². The van der Waals surface area contributed by atoms with Crippen molar-refractivity contribution in [1.29, 1.82) is 0 Å². The second kappa shape index (κ2) is 7.27. The Bertz CT molecular complexity index is 293. The molecular weight excluding hydrogens is 218 g/mol. The quantitative estimate of drug-likeness (QED) is 0.524. The van der Waals surface area contributed by atoms with Crippen LogP contribution >= 0.6 is 11.6 Å². The number of hydrogen-bond donors (Lipinski definition) is 2. The highest BCUT2D eigenvalue weighted by atomic mass is 35.5. The zero-order valence-corrected chi connectivity index (χ0v) is 9.47. The number of halogens is 1. The molecule has 0 bridgehead atoms. The van der Waals surface area contributed by atoms with Crippen LogP contribution in [0, 0.1) is 12.0 Å². The number of hydrogen-bond acceptors (Lipinski definition) is 4. The molecule has 5 heteroatoms. The Labute approximate surface area is 94.0 Å². The molecule has 0 fully saturated rings. The molecule has 0 aliphatic rings. The highest BCUT2D eigenvalue weighted by Crippen LogP contribution is 2.01. The summed E-state index contributed by atoms with van der Waals surface area (Å²) < 4.78 is 0. The number of ketones is 1. The van der Waals surface area contributed by atoms with E-state index >= 15 is 0 Å². The summed E-state index contributed by atoms with van der Waals surface area (Å²) in [5.41, 5.74) is 0. The number of rotatable bonds is 6. The third-order valence-electron chi connectivity index (χ3n) is 1.86. The minimum Gasteiger partial charge on any atom is -0.462 e. The van der Waals surface area contributed by atoms with Crippen LogP contribution in [0.4, 0.5) is 0 Å². The van der Waals surface area contributed by atoms with E-state index in [-0.39, 0.29) is 0 Å². The molecule has 0 heterocycles. The van der Waals surface area contributed by atoms with Gasteiger partial charge in [0.25, 0.3) is 0 Å². The van der Waals surface area contributed by atoms with E-state index in [2.05, 4.69) is 5.32 Å². The van der Waals surface area contributed by atoms with E-state index in [0.717, 1.165) is 6.42 Å². The summed E-state index contributed by atoms with van der Waals surface area (Å²) in [4.78, 5) is 22.1. The lowest BCUT2D eigenvalue weighted by atomic mass is 10.1. The van der Waals surface area contributed by atoms with Crippen molar-refractivity contribution >= 4 is 22.6 Å². The molecule has 0 amide bonds. The third-order valence-corrected chi connectivity index (χ3v) is 2.19. The molecule has 0 saturated carbocycles. The number of carbonyl (C=O) groups is 2. The van der Waals surface area contributed by atoms with Gasteiger partial charge < -0.3 is 5.11 Å². The Morgan fingerprint density at radius 1 is 1.53 bits per heavy atom. The lowest BCUT2D eigenvalue weighted by molar-refractivity contribution is -0.117. The van der Waals surface area contributed by atoms with E-state index in [1.165, 1.54) is 0 Å². The SMILES string of the molecule is CCC[C@H](N[C@@H](C)C(=O)Cl)C(=O)C#CO. The number of nitrogens with one attached hydrogen (secondary N) is 1. The monoisotopic (exact) mass is 231 g/mol. The van der Waals surface area contributed by atoms with Crippen LogP contribution in [0.25, 0.3) is 0 Å². The van der Waals surface area contributed by atoms with Crippen molar-refractivity contribution in [3.8, 4) is 12.0 Å². The fourth-order valence-electron chi connectivity index (χ4n) is 1.09. The highest BCUT2D eigenvalue weighted by molar-refractivity contribution is 6.64. The maximum atomic E-state index is 11.3. The van der Waals surface area contributed by atoms with Crippen molar-refractivity contribution in [2.75, 3.05) is 0 Å². The minimum absolute atomic E-state index is 0.441. The van der Waals surface area contributed by atoms with Gasteiger partial charge in [0.15, 0.2) is 0 Å². The normalized spacial score (nSPS) is 13.5. The molecule has 0 aliphatic carbocycles. The third kappa shape index (κ3) is 5.40. The largest absolute Gasteiger partial charge is 0.462 e. The molecule has 0 aliphatic heterocycles. The highest BCUT2D eigenvalue weighted by Gasteiger charge is 2.20. The Hall–Kier alpha value is -1.05. The standard InChI is InChI=1S/C10H14ClNO3/c1-3-4-8(9(14)5-6-13)12-7(2)10(11)15/h7-8,12-13H,3-4H2,1-2H3/t7-,8-/m0/s1. The second-order valence-electron chi connectivity index (χ2n) is 3.13. The number of carbonyl (C=O) groups excluding carboxylic acids is 2. The van der Waals surface area contributed by atoms with Gasteiger partial charge in [0.2, 0.25) is 11.0 Å². The van der Waals surface area contributed by atoms with Crippen LogP contribution in [0.2, 0.25) is 0 Å². The summed E-state index contributed by atoms with van der Waals surface area (Å²) in [7, 11) is 0. The zero-order chi connectivity index (χ0) is 11.8. The van der Waals surface area contributed by atoms with Gasteiger partial charge in [-0.25, -0.2) is 0 Å². The number of aliphatic hydroxyl groups is 1. The van der Waals surface area contributed by atoms with E-state index in [4.69, 9.17) is 16.7 Å². The summed E-state index contributed by atoms with van der Waals surface area (Å²) in [6.45, 7) is 3.47. The van der Waals surface area contributed by atoms with Gasteiger partial charge in [-0.05, 0) is 24.9 Å². The van der Waals surface area contributed by atoms with Crippen LogP contribution in [0.1, 0.15) is 26.7 Å². The lowest BCUT2D eigenvalue weighted by Crippen LogP contribution is -2.44. The predicted octanol–water partition coefficient (Wildman–Crippen LogP) is 0.801. The summed E-state index contributed by atoms with van der Waals surface area (Å²) in [5, 5.41) is 10.5. The molecule has 0 spiro atoms. The van der Waals surface area contributed by atoms with Crippen molar-refractivity contribution in [2.45, 2.75) is 38.8 Å². The van der Waals surface area contributed by atoms with Crippen LogP contribution < -0.4 is 5.32 Å². The van der Waals surface area contributed by atoms with Gasteiger partial charge >= 0.3 is 0 Å². The summed E-state index contributed by atoms with van der Waals surface area (Å²) >= 11 is 5.26. The van der Waals surface area contributed by atoms with Gasteiger partial charge in [0.1, 0.15) is 6.11 Å². The summed E-state index contributed by atoms with van der Waals surface area (Å²) in [6.07, 6.45) is 2.86. The van der Waals surface area contributed by atoms with Gasteiger partial charge in [-0.2, -0.15) is 0 Å². The Balaban J connectivity index is 4.43. The second-order valence-corrected chi connectivity index (χ2v) is 3.51. The van der Waals surface area contributed by atoms with Crippen molar-refractivity contribution in [3.63, 3.8) is 0 Å². The fourth-order valence-corrected chi connectivity index (χ4v) is 1.15. The van der Waals surface area contributed by atoms with E-state index in [9.17, 15) is 9.59 Å². The molecule has 0 saturated heterocycles. The zero-order valence-electron chi connectivity index (χ0n) is 8.71. The van der Waals surface area contributed by atoms with Crippen LogP contribution in [-0.2, 0) is 9.59 Å². The van der Waals surface area contributed by atoms with Gasteiger partial charge in [-0.3, -0.25) is 14.9 Å². The average Bonchev–Trinajstić information content (AvgIpc) is 2.17. The van der Waals surface area contributed by atoms with Gasteiger partial charge in [-0.1, -0.05) is 13.3 Å². The van der Waals surface area contributed by atoms with E-state index < -0.39 is 23.1 Å². The van der Waals surface area contributed by atoms with Crippen LogP contribution in [0.15, 0.2) is 0 Å². The van der Waals surface area contributed by atoms with Crippen LogP contribution in [0.3, 0.4) is 0 Å². The van der Waals surface area contributed by atoms with Gasteiger partial charge in [0, 0.05) is 5.92 Å². The molecular formula is C10H14ClNO3. The molecule has 4 nitrogen and oxygen atoms in total. The summed E-state index contributed by atoms with van der Waals surface area (Å²) in [5.74, 6) is 1.58. The first-order valence-corrected chi connectivity index (χ1v) is 5.05. The molecule has 0 aromatic heterocycles. The molecule has 0 rings (SSSR count). The first-order chi connectivity index (χ1) is 7.02. The molecule has 2 atom stereocenters. The molecule has 0 aromatic carbocycles. The van der Waals surface area contributed by atoms with Crippen molar-refractivity contribution in [1.82, 2.24) is 5.32 Å². The first kappa shape index (κ1) is 13.9. The smallest absolute Gasteiger partial charge is 0.238 e. The molecule has 0 radical (unpaired) electrons. The van der Waals surface area contributed by atoms with Crippen molar-refractivity contribution in [2.24, 2.45) is 0 Å². The van der Waals surface area contributed by atoms with E-state index in [0.29, 0.717) is 6.42 Å². The molecule has 2 N–H and O–H groups in total. The Morgan fingerprint density at radius 2 is 2.13 bits per heavy atom. The molecule has 0 aromatic rings. The summed E-state index contributed by atoms with van der Waals surface area (Å²) in [6, 6.07) is -1.17.